The number of amides is 1. The molecule has 1 aliphatic heterocycles. The summed E-state index contributed by atoms with van der Waals surface area (Å²) in [7, 11) is 0. The predicted molar refractivity (Wildman–Crippen MR) is 73.6 cm³/mol. The molecule has 6 nitrogen and oxygen atoms in total. The van der Waals surface area contributed by atoms with Gasteiger partial charge in [0.15, 0.2) is 0 Å². The minimum Gasteiger partial charge on any atom is -0.463 e. The number of hydrogen-bond donors (Lipinski definition) is 1. The third kappa shape index (κ3) is 2.77. The molecule has 0 saturated carbocycles. The van der Waals surface area contributed by atoms with Crippen molar-refractivity contribution in [2.24, 2.45) is 5.92 Å². The number of pyridine rings is 1. The second-order valence-electron chi connectivity index (χ2n) is 4.61. The van der Waals surface area contributed by atoms with Crippen molar-refractivity contribution in [1.82, 2.24) is 10.3 Å². The maximum absolute atomic E-state index is 12.2. The van der Waals surface area contributed by atoms with E-state index in [1.54, 1.807) is 38.4 Å². The summed E-state index contributed by atoms with van der Waals surface area (Å²) in [5.74, 6) is -2.55. The second kappa shape index (κ2) is 6.18. The monoisotopic (exact) mass is 285 g/mol. The SMILES string of the molecule is CCOC(=O)C1=C(C)NC(=O)[C@H](C#N)[C@@H]1c1ccncc1. The van der Waals surface area contributed by atoms with Gasteiger partial charge in [0, 0.05) is 24.0 Å². The molecule has 2 rings (SSSR count). The average Bonchev–Trinajstić information content (AvgIpc) is 2.47. The normalized spacial score (nSPS) is 21.5. The van der Waals surface area contributed by atoms with Crippen LogP contribution in [0.2, 0.25) is 0 Å². The van der Waals surface area contributed by atoms with Gasteiger partial charge in [0.25, 0.3) is 0 Å². The molecular formula is C15H15N3O3. The standard InChI is InChI=1S/C15H15N3O3/c1-3-21-15(20)12-9(2)18-14(19)11(8-16)13(12)10-4-6-17-7-5-10/h4-7,11,13H,3H2,1-2H3,(H,18,19)/t11-,13+/m1/s1. The van der Waals surface area contributed by atoms with Crippen LogP contribution in [0.4, 0.5) is 0 Å². The van der Waals surface area contributed by atoms with E-state index in [-0.39, 0.29) is 6.61 Å². The number of carbonyl (C=O) groups excluding carboxylic acids is 2. The van der Waals surface area contributed by atoms with Crippen LogP contribution in [0.15, 0.2) is 35.8 Å². The van der Waals surface area contributed by atoms with Gasteiger partial charge < -0.3 is 10.1 Å². The molecule has 1 aromatic heterocycles. The predicted octanol–water partition coefficient (Wildman–Crippen LogP) is 1.27. The van der Waals surface area contributed by atoms with E-state index in [4.69, 9.17) is 4.74 Å². The lowest BCUT2D eigenvalue weighted by molar-refractivity contribution is -0.139. The number of esters is 1. The van der Waals surface area contributed by atoms with Gasteiger partial charge >= 0.3 is 5.97 Å². The van der Waals surface area contributed by atoms with Crippen LogP contribution in [0.25, 0.3) is 0 Å². The number of nitrogens with zero attached hydrogens (tertiary/aromatic N) is 2. The van der Waals surface area contributed by atoms with Gasteiger partial charge in [-0.2, -0.15) is 5.26 Å². The average molecular weight is 285 g/mol. The van der Waals surface area contributed by atoms with Crippen LogP contribution in [-0.2, 0) is 14.3 Å². The van der Waals surface area contributed by atoms with Crippen molar-refractivity contribution < 1.29 is 14.3 Å². The van der Waals surface area contributed by atoms with Gasteiger partial charge in [-0.05, 0) is 31.5 Å². The van der Waals surface area contributed by atoms with Crippen molar-refractivity contribution in [3.05, 3.63) is 41.4 Å². The summed E-state index contributed by atoms with van der Waals surface area (Å²) in [6, 6.07) is 5.36. The third-order valence-corrected chi connectivity index (χ3v) is 3.34. The summed E-state index contributed by atoms with van der Waals surface area (Å²) >= 11 is 0. The molecular weight excluding hydrogens is 270 g/mol. The molecule has 1 N–H and O–H groups in total. The topological polar surface area (TPSA) is 92.1 Å². The molecule has 108 valence electrons. The highest BCUT2D eigenvalue weighted by Gasteiger charge is 2.41. The molecule has 2 heterocycles. The Hall–Kier alpha value is -2.68. The van der Waals surface area contributed by atoms with Gasteiger partial charge in [-0.3, -0.25) is 9.78 Å². The number of allylic oxidation sites excluding steroid dienone is 1. The Kier molecular flexibility index (Phi) is 4.33. The smallest absolute Gasteiger partial charge is 0.336 e. The van der Waals surface area contributed by atoms with E-state index in [1.165, 1.54) is 0 Å². The lowest BCUT2D eigenvalue weighted by Gasteiger charge is -2.29. The van der Waals surface area contributed by atoms with Gasteiger partial charge in [0.05, 0.1) is 18.2 Å². The number of rotatable bonds is 3. The van der Waals surface area contributed by atoms with E-state index in [2.05, 4.69) is 10.3 Å². The minimum absolute atomic E-state index is 0.226. The molecule has 0 saturated heterocycles. The number of nitriles is 1. The fourth-order valence-corrected chi connectivity index (χ4v) is 2.43. The van der Waals surface area contributed by atoms with Gasteiger partial charge in [-0.25, -0.2) is 4.79 Å². The number of carbonyl (C=O) groups is 2. The van der Waals surface area contributed by atoms with E-state index in [0.717, 1.165) is 0 Å². The molecule has 0 radical (unpaired) electrons. The highest BCUT2D eigenvalue weighted by Crippen LogP contribution is 2.37. The fourth-order valence-electron chi connectivity index (χ4n) is 2.43. The molecule has 1 aliphatic rings. The van der Waals surface area contributed by atoms with Crippen LogP contribution in [-0.4, -0.2) is 23.5 Å². The second-order valence-corrected chi connectivity index (χ2v) is 4.61. The quantitative estimate of drug-likeness (QED) is 0.844. The van der Waals surface area contributed by atoms with Crippen molar-refractivity contribution in [1.29, 1.82) is 5.26 Å². The van der Waals surface area contributed by atoms with Gasteiger partial charge in [0.1, 0.15) is 5.92 Å². The zero-order valence-corrected chi connectivity index (χ0v) is 11.8. The van der Waals surface area contributed by atoms with Gasteiger partial charge in [-0.1, -0.05) is 0 Å². The molecule has 0 bridgehead atoms. The first-order valence-electron chi connectivity index (χ1n) is 6.58. The van der Waals surface area contributed by atoms with Crippen molar-refractivity contribution in [2.45, 2.75) is 19.8 Å². The van der Waals surface area contributed by atoms with Crippen LogP contribution in [0.3, 0.4) is 0 Å². The summed E-state index contributed by atoms with van der Waals surface area (Å²) in [6.07, 6.45) is 3.13. The molecule has 2 atom stereocenters. The van der Waals surface area contributed by atoms with Crippen molar-refractivity contribution in [3.8, 4) is 6.07 Å². The number of aromatic nitrogens is 1. The highest BCUT2D eigenvalue weighted by molar-refractivity contribution is 5.97. The Labute approximate surface area is 122 Å². The first-order valence-corrected chi connectivity index (χ1v) is 6.58. The van der Waals surface area contributed by atoms with Crippen LogP contribution < -0.4 is 5.32 Å². The van der Waals surface area contributed by atoms with E-state index < -0.39 is 23.7 Å². The van der Waals surface area contributed by atoms with E-state index in [1.807, 2.05) is 6.07 Å². The van der Waals surface area contributed by atoms with Crippen molar-refractivity contribution in [2.75, 3.05) is 6.61 Å². The van der Waals surface area contributed by atoms with Crippen LogP contribution in [0.5, 0.6) is 0 Å². The number of hydrogen-bond acceptors (Lipinski definition) is 5. The summed E-state index contributed by atoms with van der Waals surface area (Å²) in [6.45, 7) is 3.56. The molecule has 0 spiro atoms. The van der Waals surface area contributed by atoms with Crippen molar-refractivity contribution in [3.63, 3.8) is 0 Å². The van der Waals surface area contributed by atoms with E-state index >= 15 is 0 Å². The Bertz CT molecular complexity index is 631. The molecule has 0 unspecified atom stereocenters. The van der Waals surface area contributed by atoms with Crippen LogP contribution >= 0.6 is 0 Å². The van der Waals surface area contributed by atoms with E-state index in [9.17, 15) is 14.9 Å². The zero-order chi connectivity index (χ0) is 15.4. The molecule has 0 fully saturated rings. The number of ether oxygens (including phenoxy) is 1. The summed E-state index contributed by atoms with van der Waals surface area (Å²) in [4.78, 5) is 28.1. The summed E-state index contributed by atoms with van der Waals surface area (Å²) in [5, 5.41) is 11.9. The summed E-state index contributed by atoms with van der Waals surface area (Å²) < 4.78 is 5.06. The lowest BCUT2D eigenvalue weighted by Crippen LogP contribution is -2.41. The van der Waals surface area contributed by atoms with Crippen molar-refractivity contribution >= 4 is 11.9 Å². The minimum atomic E-state index is -0.976. The molecule has 6 heteroatoms. The van der Waals surface area contributed by atoms with E-state index in [0.29, 0.717) is 16.8 Å². The van der Waals surface area contributed by atoms with Crippen LogP contribution in [0, 0.1) is 17.2 Å². The molecule has 21 heavy (non-hydrogen) atoms. The largest absolute Gasteiger partial charge is 0.463 e. The fraction of sp³-hybridized carbons (Fsp3) is 0.333. The Balaban J connectivity index is 2.56. The van der Waals surface area contributed by atoms with Crippen LogP contribution in [0.1, 0.15) is 25.3 Å². The lowest BCUT2D eigenvalue weighted by atomic mass is 9.78. The Morgan fingerprint density at radius 2 is 2.14 bits per heavy atom. The maximum atomic E-state index is 12.2. The molecule has 0 aromatic carbocycles. The molecule has 0 aliphatic carbocycles. The zero-order valence-electron chi connectivity index (χ0n) is 11.8. The molecule has 1 aromatic rings. The third-order valence-electron chi connectivity index (χ3n) is 3.34. The first-order chi connectivity index (χ1) is 10.1. The van der Waals surface area contributed by atoms with Gasteiger partial charge in [-0.15, -0.1) is 0 Å². The Morgan fingerprint density at radius 1 is 1.48 bits per heavy atom. The highest BCUT2D eigenvalue weighted by atomic mass is 16.5. The van der Waals surface area contributed by atoms with Gasteiger partial charge in [0.2, 0.25) is 5.91 Å². The first kappa shape index (κ1) is 14.7. The Morgan fingerprint density at radius 3 is 2.71 bits per heavy atom. The molecule has 1 amide bonds. The summed E-state index contributed by atoms with van der Waals surface area (Å²) in [5.41, 5.74) is 1.43. The number of nitrogens with one attached hydrogen (secondary N) is 1. The maximum Gasteiger partial charge on any atom is 0.336 e.